The number of alkyl halides is 6. The van der Waals surface area contributed by atoms with E-state index in [9.17, 15) is 31.1 Å². The molecular weight excluding hydrogens is 442 g/mol. The summed E-state index contributed by atoms with van der Waals surface area (Å²) >= 11 is 0. The smallest absolute Gasteiger partial charge is 0.416 e. The largest absolute Gasteiger partial charge is 0.447 e. The van der Waals surface area contributed by atoms with Gasteiger partial charge in [-0.1, -0.05) is 13.8 Å². The van der Waals surface area contributed by atoms with Crippen molar-refractivity contribution in [3.05, 3.63) is 47.2 Å². The Morgan fingerprint density at radius 1 is 1.06 bits per heavy atom. The molecule has 3 rings (SSSR count). The first-order valence-electron chi connectivity index (χ1n) is 9.62. The topological polar surface area (TPSA) is 67.3 Å². The highest BCUT2D eigenvalue weighted by atomic mass is 19.4. The fourth-order valence-electron chi connectivity index (χ4n) is 3.25. The van der Waals surface area contributed by atoms with E-state index < -0.39 is 35.6 Å². The molecule has 1 aliphatic rings. The maximum atomic E-state index is 13.1. The van der Waals surface area contributed by atoms with E-state index in [1.807, 2.05) is 13.8 Å². The molecule has 32 heavy (non-hydrogen) atoms. The zero-order chi connectivity index (χ0) is 23.8. The van der Waals surface area contributed by atoms with Gasteiger partial charge in [0.25, 0.3) is 0 Å². The van der Waals surface area contributed by atoms with Crippen molar-refractivity contribution in [1.82, 2.24) is 9.97 Å². The minimum absolute atomic E-state index is 0.0534. The third kappa shape index (κ3) is 5.05. The van der Waals surface area contributed by atoms with Crippen molar-refractivity contribution in [3.8, 4) is 0 Å². The zero-order valence-corrected chi connectivity index (χ0v) is 17.3. The van der Waals surface area contributed by atoms with Crippen LogP contribution in [0.2, 0.25) is 0 Å². The number of nitrogens with one attached hydrogen (secondary N) is 1. The van der Waals surface area contributed by atoms with Crippen LogP contribution in [-0.4, -0.2) is 28.7 Å². The van der Waals surface area contributed by atoms with Crippen molar-refractivity contribution in [2.24, 2.45) is 5.92 Å². The van der Waals surface area contributed by atoms with Crippen LogP contribution in [0.15, 0.2) is 30.5 Å². The van der Waals surface area contributed by atoms with Gasteiger partial charge in [-0.2, -0.15) is 31.3 Å². The van der Waals surface area contributed by atoms with E-state index in [4.69, 9.17) is 4.74 Å². The quantitative estimate of drug-likeness (QED) is 0.580. The molecule has 2 atom stereocenters. The average Bonchev–Trinajstić information content (AvgIpc) is 3.08. The number of rotatable bonds is 5. The monoisotopic (exact) mass is 462 g/mol. The molecule has 6 nitrogen and oxygen atoms in total. The van der Waals surface area contributed by atoms with Gasteiger partial charge in [-0.3, -0.25) is 4.90 Å². The van der Waals surface area contributed by atoms with Crippen molar-refractivity contribution in [1.29, 1.82) is 0 Å². The number of ether oxygens (including phenoxy) is 1. The molecule has 1 aromatic carbocycles. The Hall–Kier alpha value is -3.05. The van der Waals surface area contributed by atoms with Gasteiger partial charge in [0.05, 0.1) is 23.2 Å². The molecular formula is C20H20F6N4O2. The van der Waals surface area contributed by atoms with E-state index in [1.165, 1.54) is 24.1 Å². The standard InChI is InChI=1S/C20H20F6N4O2/c1-10(2)15-9-32-18(31)30(15)16-4-5-27-17(29-16)28-11(3)12-6-13(19(21,22)23)8-14(7-12)20(24,25)26/h4-8,10-11,15H,9H2,1-3H3,(H,27,28,29)/t11-,15?/m0/s1. The second kappa shape index (κ2) is 8.47. The molecule has 1 amide bonds. The highest BCUT2D eigenvalue weighted by Crippen LogP contribution is 2.38. The predicted molar refractivity (Wildman–Crippen MR) is 103 cm³/mol. The zero-order valence-electron chi connectivity index (χ0n) is 17.3. The molecule has 0 spiro atoms. The number of amides is 1. The third-order valence-electron chi connectivity index (χ3n) is 5.02. The molecule has 2 heterocycles. The molecule has 174 valence electrons. The van der Waals surface area contributed by atoms with Crippen LogP contribution in [0.5, 0.6) is 0 Å². The molecule has 0 radical (unpaired) electrons. The number of carbonyl (C=O) groups excluding carboxylic acids is 1. The van der Waals surface area contributed by atoms with Gasteiger partial charge in [-0.05, 0) is 42.7 Å². The van der Waals surface area contributed by atoms with Crippen LogP contribution in [0.25, 0.3) is 0 Å². The lowest BCUT2D eigenvalue weighted by atomic mass is 10.0. The molecule has 12 heteroatoms. The molecule has 0 saturated carbocycles. The molecule has 0 bridgehead atoms. The number of halogens is 6. The number of benzene rings is 1. The van der Waals surface area contributed by atoms with Gasteiger partial charge < -0.3 is 10.1 Å². The summed E-state index contributed by atoms with van der Waals surface area (Å²) in [6, 6.07) is 1.54. The number of hydrogen-bond donors (Lipinski definition) is 1. The maximum Gasteiger partial charge on any atom is 0.416 e. The summed E-state index contributed by atoms with van der Waals surface area (Å²) < 4.78 is 83.8. The Labute approximate surface area is 179 Å². The van der Waals surface area contributed by atoms with Crippen molar-refractivity contribution >= 4 is 17.9 Å². The van der Waals surface area contributed by atoms with Crippen LogP contribution in [0.3, 0.4) is 0 Å². The lowest BCUT2D eigenvalue weighted by Crippen LogP contribution is -2.37. The first kappa shape index (κ1) is 23.6. The van der Waals surface area contributed by atoms with Crippen molar-refractivity contribution in [2.45, 2.75) is 45.2 Å². The first-order valence-corrected chi connectivity index (χ1v) is 9.62. The predicted octanol–water partition coefficient (Wildman–Crippen LogP) is 5.67. The van der Waals surface area contributed by atoms with Crippen LogP contribution in [-0.2, 0) is 17.1 Å². The Bertz CT molecular complexity index is 961. The minimum atomic E-state index is -4.95. The Morgan fingerprint density at radius 3 is 2.19 bits per heavy atom. The van der Waals surface area contributed by atoms with Gasteiger partial charge in [-0.25, -0.2) is 9.78 Å². The summed E-state index contributed by atoms with van der Waals surface area (Å²) in [4.78, 5) is 21.6. The van der Waals surface area contributed by atoms with Crippen LogP contribution in [0, 0.1) is 5.92 Å². The summed E-state index contributed by atoms with van der Waals surface area (Å²) in [6.45, 7) is 5.35. The summed E-state index contributed by atoms with van der Waals surface area (Å²) in [5.41, 5.74) is -3.07. The van der Waals surface area contributed by atoms with Crippen LogP contribution < -0.4 is 10.2 Å². The number of carbonyl (C=O) groups is 1. The number of hydrogen-bond acceptors (Lipinski definition) is 5. The maximum absolute atomic E-state index is 13.1. The van der Waals surface area contributed by atoms with E-state index in [1.54, 1.807) is 0 Å². The third-order valence-corrected chi connectivity index (χ3v) is 5.02. The Morgan fingerprint density at radius 2 is 1.66 bits per heavy atom. The highest BCUT2D eigenvalue weighted by molar-refractivity contribution is 5.89. The molecule has 1 aliphatic heterocycles. The highest BCUT2D eigenvalue weighted by Gasteiger charge is 2.38. The lowest BCUT2D eigenvalue weighted by Gasteiger charge is -2.24. The molecule has 1 N–H and O–H groups in total. The fraction of sp³-hybridized carbons (Fsp3) is 0.450. The molecule has 1 unspecified atom stereocenters. The van der Waals surface area contributed by atoms with Crippen LogP contribution in [0.4, 0.5) is 42.9 Å². The second-order valence-electron chi connectivity index (χ2n) is 7.70. The summed E-state index contributed by atoms with van der Waals surface area (Å²) in [6.07, 6.45) is -9.18. The second-order valence-corrected chi connectivity index (χ2v) is 7.70. The molecule has 0 aliphatic carbocycles. The van der Waals surface area contributed by atoms with E-state index in [0.717, 1.165) is 0 Å². The Kier molecular flexibility index (Phi) is 6.25. The summed E-state index contributed by atoms with van der Waals surface area (Å²) in [5, 5.41) is 2.70. The van der Waals surface area contributed by atoms with Crippen molar-refractivity contribution in [2.75, 3.05) is 16.8 Å². The van der Waals surface area contributed by atoms with E-state index in [-0.39, 0.29) is 42.0 Å². The van der Waals surface area contributed by atoms with Gasteiger partial charge in [0.1, 0.15) is 12.4 Å². The number of anilines is 2. The van der Waals surface area contributed by atoms with Gasteiger partial charge in [0.2, 0.25) is 5.95 Å². The molecule has 1 fully saturated rings. The van der Waals surface area contributed by atoms with Gasteiger partial charge in [-0.15, -0.1) is 0 Å². The summed E-state index contributed by atoms with van der Waals surface area (Å²) in [7, 11) is 0. The number of nitrogens with zero attached hydrogens (tertiary/aromatic N) is 3. The average molecular weight is 462 g/mol. The SMILES string of the molecule is CC(C)C1COC(=O)N1c1ccnc(N[C@@H](C)c2cc(C(F)(F)F)cc(C(F)(F)F)c2)n1. The number of cyclic esters (lactones) is 1. The molecule has 1 aromatic heterocycles. The van der Waals surface area contributed by atoms with Crippen LogP contribution in [0.1, 0.15) is 43.5 Å². The van der Waals surface area contributed by atoms with Gasteiger partial charge >= 0.3 is 18.4 Å². The van der Waals surface area contributed by atoms with E-state index in [2.05, 4.69) is 15.3 Å². The first-order chi connectivity index (χ1) is 14.8. The lowest BCUT2D eigenvalue weighted by molar-refractivity contribution is -0.143. The minimum Gasteiger partial charge on any atom is -0.447 e. The fourth-order valence-corrected chi connectivity index (χ4v) is 3.25. The number of aromatic nitrogens is 2. The van der Waals surface area contributed by atoms with Crippen LogP contribution >= 0.6 is 0 Å². The van der Waals surface area contributed by atoms with E-state index in [0.29, 0.717) is 12.1 Å². The molecule has 2 aromatic rings. The van der Waals surface area contributed by atoms with Gasteiger partial charge in [0.15, 0.2) is 0 Å². The molecule has 1 saturated heterocycles. The van der Waals surface area contributed by atoms with E-state index >= 15 is 0 Å². The van der Waals surface area contributed by atoms with Gasteiger partial charge in [0, 0.05) is 6.20 Å². The summed E-state index contributed by atoms with van der Waals surface area (Å²) in [5.74, 6) is 0.191. The Balaban J connectivity index is 1.90. The van der Waals surface area contributed by atoms with Crippen molar-refractivity contribution in [3.63, 3.8) is 0 Å². The normalized spacial score (nSPS) is 18.1. The van der Waals surface area contributed by atoms with Crippen molar-refractivity contribution < 1.29 is 35.9 Å².